The zero-order valence-electron chi connectivity index (χ0n) is 14.2. The van der Waals surface area contributed by atoms with Crippen molar-refractivity contribution in [2.75, 3.05) is 18.0 Å². The summed E-state index contributed by atoms with van der Waals surface area (Å²) in [7, 11) is 0. The van der Waals surface area contributed by atoms with Crippen LogP contribution < -0.4 is 20.1 Å². The Labute approximate surface area is 150 Å². The quantitative estimate of drug-likeness (QED) is 0.363. The number of rotatable bonds is 2. The second kappa shape index (κ2) is 6.48. The van der Waals surface area contributed by atoms with Crippen LogP contribution >= 0.6 is 0 Å². The van der Waals surface area contributed by atoms with Gasteiger partial charge in [0.05, 0.1) is 11.8 Å². The highest BCUT2D eigenvalue weighted by Crippen LogP contribution is 2.31. The maximum absolute atomic E-state index is 14.5. The van der Waals surface area contributed by atoms with Gasteiger partial charge in [-0.15, -0.1) is 4.73 Å². The van der Waals surface area contributed by atoms with Crippen molar-refractivity contribution < 1.29 is 31.8 Å². The molecule has 1 fully saturated rings. The lowest BCUT2D eigenvalue weighted by Gasteiger charge is -2.32. The molecule has 27 heavy (non-hydrogen) atoms. The third kappa shape index (κ3) is 3.22. The van der Waals surface area contributed by atoms with Crippen LogP contribution in [-0.2, 0) is 6.18 Å². The monoisotopic (exact) mass is 388 g/mol. The van der Waals surface area contributed by atoms with Crippen molar-refractivity contribution in [2.45, 2.75) is 32.0 Å². The summed E-state index contributed by atoms with van der Waals surface area (Å²) >= 11 is 0. The lowest BCUT2D eigenvalue weighted by atomic mass is 10.0. The van der Waals surface area contributed by atoms with Crippen LogP contribution in [-0.4, -0.2) is 24.9 Å². The third-order valence-corrected chi connectivity index (χ3v) is 4.59. The molecule has 7 nitrogen and oxygen atoms in total. The first-order valence-electron chi connectivity index (χ1n) is 8.13. The van der Waals surface area contributed by atoms with E-state index >= 15 is 0 Å². The number of halogens is 4. The van der Waals surface area contributed by atoms with Gasteiger partial charge in [-0.05, 0) is 12.8 Å². The lowest BCUT2D eigenvalue weighted by molar-refractivity contribution is -0.647. The summed E-state index contributed by atoms with van der Waals surface area (Å²) in [4.78, 5) is 13.1. The minimum absolute atomic E-state index is 0.0621. The predicted molar refractivity (Wildman–Crippen MR) is 86.3 cm³/mol. The summed E-state index contributed by atoms with van der Waals surface area (Å²) in [6.07, 6.45) is -4.14. The molecule has 1 aliphatic rings. The van der Waals surface area contributed by atoms with Gasteiger partial charge in [-0.2, -0.15) is 17.9 Å². The number of aromatic nitrogens is 2. The van der Waals surface area contributed by atoms with Crippen molar-refractivity contribution in [1.82, 2.24) is 0 Å². The molecule has 0 radical (unpaired) electrons. The van der Waals surface area contributed by atoms with Crippen LogP contribution in [0.4, 0.5) is 23.2 Å². The Bertz CT molecular complexity index is 924. The summed E-state index contributed by atoms with van der Waals surface area (Å²) in [5.41, 5.74) is 1.07. The number of nitrogens with zero attached hydrogens (tertiary/aromatic N) is 3. The van der Waals surface area contributed by atoms with Gasteiger partial charge in [0, 0.05) is 32.1 Å². The third-order valence-electron chi connectivity index (χ3n) is 4.59. The number of fused-ring (bicyclic) bond motifs is 1. The van der Waals surface area contributed by atoms with Crippen molar-refractivity contribution in [3.05, 3.63) is 39.8 Å². The van der Waals surface area contributed by atoms with Gasteiger partial charge >= 0.3 is 17.6 Å². The fourth-order valence-electron chi connectivity index (χ4n) is 3.24. The average molecular weight is 388 g/mol. The van der Waals surface area contributed by atoms with Gasteiger partial charge in [-0.3, -0.25) is 4.79 Å². The number of Topliss-reactive ketones (excluding diaryl/α,β-unsaturated/α-hetero) is 1. The highest BCUT2D eigenvalue weighted by atomic mass is 19.4. The molecule has 0 amide bonds. The fourth-order valence-corrected chi connectivity index (χ4v) is 3.24. The average Bonchev–Trinajstić information content (AvgIpc) is 2.57. The number of hydrogen-bond acceptors (Lipinski definition) is 5. The van der Waals surface area contributed by atoms with E-state index in [4.69, 9.17) is 5.73 Å². The van der Waals surface area contributed by atoms with E-state index in [0.717, 1.165) is 13.0 Å². The topological polar surface area (TPSA) is 100 Å². The Kier molecular flexibility index (Phi) is 4.58. The standard InChI is InChI=1S/C16H16F4N4O3/c1-8(25)14-15(16(18,19)20)24(27)13-7-11(10(17)6-12(13)23(14)26)22-4-2-9(21)3-5-22/h6-7,9H,2-5,21H2,1H3. The molecule has 2 N–H and O–H groups in total. The Hall–Kier alpha value is -2.69. The molecule has 1 aliphatic heterocycles. The number of piperidine rings is 1. The minimum Gasteiger partial charge on any atom is -0.618 e. The Morgan fingerprint density at radius 3 is 2.26 bits per heavy atom. The fraction of sp³-hybridized carbons (Fsp3) is 0.438. The van der Waals surface area contributed by atoms with Gasteiger partial charge in [0.15, 0.2) is 5.82 Å². The second-order valence-electron chi connectivity index (χ2n) is 6.46. The largest absolute Gasteiger partial charge is 0.618 e. The number of ketones is 1. The first-order valence-corrected chi connectivity index (χ1v) is 8.13. The van der Waals surface area contributed by atoms with E-state index in [-0.39, 0.29) is 16.5 Å². The molecule has 1 aromatic heterocycles. The van der Waals surface area contributed by atoms with Gasteiger partial charge in [-0.25, -0.2) is 4.39 Å². The molecule has 0 aliphatic carbocycles. The SMILES string of the molecule is CC(=O)c1c(C(F)(F)F)[n+]([O-])c2cc(N3CCC(N)CC3)c(F)cc2[n+]1[O-]. The van der Waals surface area contributed by atoms with Crippen LogP contribution in [0.15, 0.2) is 12.1 Å². The smallest absolute Gasteiger partial charge is 0.486 e. The molecule has 146 valence electrons. The highest BCUT2D eigenvalue weighted by Gasteiger charge is 2.50. The molecule has 2 aromatic rings. The van der Waals surface area contributed by atoms with Gasteiger partial charge in [0.2, 0.25) is 5.78 Å². The molecule has 0 atom stereocenters. The van der Waals surface area contributed by atoms with E-state index < -0.39 is 44.9 Å². The number of carbonyl (C=O) groups is 1. The predicted octanol–water partition coefficient (Wildman–Crippen LogP) is 1.39. The van der Waals surface area contributed by atoms with Crippen LogP contribution in [0, 0.1) is 16.2 Å². The van der Waals surface area contributed by atoms with Crippen LogP contribution in [0.2, 0.25) is 0 Å². The van der Waals surface area contributed by atoms with Gasteiger partial charge in [0.1, 0.15) is 0 Å². The van der Waals surface area contributed by atoms with E-state index in [2.05, 4.69) is 0 Å². The summed E-state index contributed by atoms with van der Waals surface area (Å²) in [5, 5.41) is 24.7. The van der Waals surface area contributed by atoms with Gasteiger partial charge < -0.3 is 21.0 Å². The summed E-state index contributed by atoms with van der Waals surface area (Å²) in [6, 6.07) is 1.52. The van der Waals surface area contributed by atoms with Crippen molar-refractivity contribution in [1.29, 1.82) is 0 Å². The normalized spacial score (nSPS) is 16.1. The van der Waals surface area contributed by atoms with Crippen LogP contribution in [0.1, 0.15) is 35.9 Å². The maximum atomic E-state index is 14.5. The molecule has 2 heterocycles. The highest BCUT2D eigenvalue weighted by molar-refractivity contribution is 5.92. The number of carbonyl (C=O) groups excluding carboxylic acids is 1. The minimum atomic E-state index is -5.24. The number of nitrogens with two attached hydrogens (primary N) is 1. The van der Waals surface area contributed by atoms with E-state index in [1.54, 1.807) is 4.90 Å². The first kappa shape index (κ1) is 19.1. The number of hydrogen-bond donors (Lipinski definition) is 1. The molecule has 0 saturated carbocycles. The molecule has 1 saturated heterocycles. The van der Waals surface area contributed by atoms with Crippen molar-refractivity contribution in [3.8, 4) is 0 Å². The maximum Gasteiger partial charge on any atom is 0.486 e. The first-order chi connectivity index (χ1) is 12.5. The van der Waals surface area contributed by atoms with Crippen molar-refractivity contribution in [3.63, 3.8) is 0 Å². The number of anilines is 1. The van der Waals surface area contributed by atoms with Crippen LogP contribution in [0.3, 0.4) is 0 Å². The molecule has 0 spiro atoms. The van der Waals surface area contributed by atoms with E-state index in [1.807, 2.05) is 0 Å². The molecule has 0 bridgehead atoms. The van der Waals surface area contributed by atoms with E-state index in [1.165, 1.54) is 0 Å². The summed E-state index contributed by atoms with van der Waals surface area (Å²) in [6.45, 7) is 1.45. The molecular weight excluding hydrogens is 372 g/mol. The molecule has 11 heteroatoms. The van der Waals surface area contributed by atoms with Crippen LogP contribution in [0.5, 0.6) is 0 Å². The zero-order valence-corrected chi connectivity index (χ0v) is 14.2. The Morgan fingerprint density at radius 1 is 1.19 bits per heavy atom. The van der Waals surface area contributed by atoms with Gasteiger partial charge in [0.25, 0.3) is 11.0 Å². The zero-order chi connectivity index (χ0) is 20.1. The van der Waals surface area contributed by atoms with Crippen molar-refractivity contribution in [2.24, 2.45) is 5.73 Å². The molecule has 0 unspecified atom stereocenters. The van der Waals surface area contributed by atoms with Crippen molar-refractivity contribution >= 4 is 22.5 Å². The lowest BCUT2D eigenvalue weighted by Crippen LogP contribution is -2.50. The molecule has 1 aromatic carbocycles. The summed E-state index contributed by atoms with van der Waals surface area (Å²) < 4.78 is 53.7. The Balaban J connectivity index is 2.29. The Morgan fingerprint density at radius 2 is 1.74 bits per heavy atom. The van der Waals surface area contributed by atoms with Crippen LogP contribution in [0.25, 0.3) is 11.0 Å². The number of alkyl halides is 3. The number of benzene rings is 1. The molecule has 3 rings (SSSR count). The van der Waals surface area contributed by atoms with Gasteiger partial charge in [-0.1, -0.05) is 0 Å². The summed E-state index contributed by atoms with van der Waals surface area (Å²) in [5.74, 6) is -2.13. The van der Waals surface area contributed by atoms with E-state index in [0.29, 0.717) is 32.0 Å². The molecular formula is C16H16F4N4O3. The van der Waals surface area contributed by atoms with E-state index in [9.17, 15) is 32.8 Å². The second-order valence-corrected chi connectivity index (χ2v) is 6.46.